The zero-order valence-corrected chi connectivity index (χ0v) is 11.3. The molecule has 0 spiro atoms. The van der Waals surface area contributed by atoms with Gasteiger partial charge in [0.2, 0.25) is 0 Å². The third-order valence-corrected chi connectivity index (χ3v) is 3.64. The first kappa shape index (κ1) is 12.0. The summed E-state index contributed by atoms with van der Waals surface area (Å²) in [6.07, 6.45) is 0. The first-order chi connectivity index (χ1) is 8.16. The average Bonchev–Trinajstić information content (AvgIpc) is 2.73. The smallest absolute Gasteiger partial charge is 0.0596 e. The number of rotatable bonds is 4. The zero-order chi connectivity index (χ0) is 12.3. The number of nitrogens with one attached hydrogen (secondary N) is 1. The quantitative estimate of drug-likeness (QED) is 0.884. The van der Waals surface area contributed by atoms with Gasteiger partial charge in [0.25, 0.3) is 0 Å². The second kappa shape index (κ2) is 5.23. The number of nitrogens with zero attached hydrogens (tertiary/aromatic N) is 1. The van der Waals surface area contributed by atoms with Crippen LogP contribution in [0.15, 0.2) is 36.4 Å². The van der Waals surface area contributed by atoms with Crippen LogP contribution in [0.1, 0.15) is 9.75 Å². The van der Waals surface area contributed by atoms with Crippen LogP contribution in [0, 0.1) is 6.92 Å². The monoisotopic (exact) mass is 246 g/mol. The van der Waals surface area contributed by atoms with Crippen molar-refractivity contribution in [3.05, 3.63) is 46.2 Å². The molecule has 0 amide bonds. The van der Waals surface area contributed by atoms with Gasteiger partial charge >= 0.3 is 0 Å². The fraction of sp³-hybridized carbons (Fsp3) is 0.286. The summed E-state index contributed by atoms with van der Waals surface area (Å²) in [6.45, 7) is 3.03. The number of thiophene rings is 1. The lowest BCUT2D eigenvalue weighted by Crippen LogP contribution is -2.11. The molecule has 0 fully saturated rings. The Kier molecular flexibility index (Phi) is 3.69. The molecule has 0 saturated heterocycles. The van der Waals surface area contributed by atoms with Gasteiger partial charge in [0.05, 0.1) is 11.4 Å². The zero-order valence-electron chi connectivity index (χ0n) is 10.5. The van der Waals surface area contributed by atoms with Gasteiger partial charge in [0, 0.05) is 30.4 Å². The molecule has 2 aromatic rings. The third-order valence-electron chi connectivity index (χ3n) is 2.63. The molecule has 17 heavy (non-hydrogen) atoms. The van der Waals surface area contributed by atoms with Crippen molar-refractivity contribution in [2.45, 2.75) is 13.5 Å². The van der Waals surface area contributed by atoms with Crippen LogP contribution in [0.25, 0.3) is 0 Å². The predicted molar refractivity (Wildman–Crippen MR) is 77.2 cm³/mol. The molecule has 0 saturated carbocycles. The summed E-state index contributed by atoms with van der Waals surface area (Å²) in [5.74, 6) is 0. The molecular weight excluding hydrogens is 228 g/mol. The minimum absolute atomic E-state index is 0.892. The fourth-order valence-electron chi connectivity index (χ4n) is 1.78. The maximum atomic E-state index is 3.49. The molecule has 1 N–H and O–H groups in total. The predicted octanol–water partition coefficient (Wildman–Crippen LogP) is 3.73. The Morgan fingerprint density at radius 2 is 1.88 bits per heavy atom. The summed E-state index contributed by atoms with van der Waals surface area (Å²) in [5, 5.41) is 3.49. The molecule has 1 heterocycles. The molecule has 1 aromatic carbocycles. The number of para-hydroxylation sites is 2. The van der Waals surface area contributed by atoms with E-state index in [1.165, 1.54) is 21.1 Å². The molecule has 90 valence electrons. The summed E-state index contributed by atoms with van der Waals surface area (Å²) in [5.41, 5.74) is 2.41. The molecule has 0 aliphatic carbocycles. The minimum atomic E-state index is 0.892. The lowest BCUT2D eigenvalue weighted by molar-refractivity contribution is 1.11. The van der Waals surface area contributed by atoms with Gasteiger partial charge in [-0.15, -0.1) is 11.3 Å². The van der Waals surface area contributed by atoms with Crippen LogP contribution in [0.4, 0.5) is 11.4 Å². The van der Waals surface area contributed by atoms with Crippen LogP contribution in [-0.2, 0) is 6.54 Å². The highest BCUT2D eigenvalue weighted by Gasteiger charge is 2.03. The van der Waals surface area contributed by atoms with Gasteiger partial charge in [-0.1, -0.05) is 12.1 Å². The van der Waals surface area contributed by atoms with E-state index >= 15 is 0 Å². The van der Waals surface area contributed by atoms with Crippen molar-refractivity contribution in [2.75, 3.05) is 24.3 Å². The molecular formula is C14H18N2S. The van der Waals surface area contributed by atoms with Gasteiger partial charge in [0.15, 0.2) is 0 Å². The van der Waals surface area contributed by atoms with Crippen LogP contribution >= 0.6 is 11.3 Å². The SMILES string of the molecule is Cc1ccc(CNc2ccccc2N(C)C)s1. The molecule has 0 radical (unpaired) electrons. The number of aryl methyl sites for hydroxylation is 1. The summed E-state index contributed by atoms with van der Waals surface area (Å²) in [7, 11) is 4.13. The van der Waals surface area contributed by atoms with Crippen LogP contribution < -0.4 is 10.2 Å². The lowest BCUT2D eigenvalue weighted by Gasteiger charge is -2.18. The van der Waals surface area contributed by atoms with E-state index in [1.807, 2.05) is 11.3 Å². The molecule has 0 unspecified atom stereocenters. The van der Waals surface area contributed by atoms with E-state index in [-0.39, 0.29) is 0 Å². The second-order valence-corrected chi connectivity index (χ2v) is 5.65. The first-order valence-electron chi connectivity index (χ1n) is 5.72. The first-order valence-corrected chi connectivity index (χ1v) is 6.54. The number of benzene rings is 1. The van der Waals surface area contributed by atoms with E-state index in [0.29, 0.717) is 0 Å². The van der Waals surface area contributed by atoms with Crippen molar-refractivity contribution in [2.24, 2.45) is 0 Å². The second-order valence-electron chi connectivity index (χ2n) is 4.28. The normalized spacial score (nSPS) is 10.3. The summed E-state index contributed by atoms with van der Waals surface area (Å²) in [4.78, 5) is 4.86. The number of hydrogen-bond acceptors (Lipinski definition) is 3. The highest BCUT2D eigenvalue weighted by Crippen LogP contribution is 2.25. The highest BCUT2D eigenvalue weighted by molar-refractivity contribution is 7.11. The Labute approximate surface area is 107 Å². The van der Waals surface area contributed by atoms with Crippen LogP contribution in [-0.4, -0.2) is 14.1 Å². The molecule has 2 rings (SSSR count). The van der Waals surface area contributed by atoms with E-state index in [4.69, 9.17) is 0 Å². The maximum Gasteiger partial charge on any atom is 0.0596 e. The molecule has 2 nitrogen and oxygen atoms in total. The summed E-state index contributed by atoms with van der Waals surface area (Å²) in [6, 6.07) is 12.7. The summed E-state index contributed by atoms with van der Waals surface area (Å²) >= 11 is 1.85. The van der Waals surface area contributed by atoms with Gasteiger partial charge < -0.3 is 10.2 Å². The molecule has 0 aliphatic rings. The van der Waals surface area contributed by atoms with E-state index in [0.717, 1.165) is 6.54 Å². The maximum absolute atomic E-state index is 3.49. The van der Waals surface area contributed by atoms with Gasteiger partial charge in [-0.3, -0.25) is 0 Å². The van der Waals surface area contributed by atoms with Crippen molar-refractivity contribution in [1.29, 1.82) is 0 Å². The van der Waals surface area contributed by atoms with Gasteiger partial charge in [-0.2, -0.15) is 0 Å². The average molecular weight is 246 g/mol. The molecule has 0 atom stereocenters. The van der Waals surface area contributed by atoms with Crippen LogP contribution in [0.2, 0.25) is 0 Å². The van der Waals surface area contributed by atoms with Gasteiger partial charge in [-0.05, 0) is 31.2 Å². The molecule has 1 aromatic heterocycles. The Morgan fingerprint density at radius 1 is 1.12 bits per heavy atom. The van der Waals surface area contributed by atoms with Crippen molar-refractivity contribution in [3.8, 4) is 0 Å². The number of anilines is 2. The van der Waals surface area contributed by atoms with E-state index in [2.05, 4.69) is 67.6 Å². The van der Waals surface area contributed by atoms with E-state index in [1.54, 1.807) is 0 Å². The van der Waals surface area contributed by atoms with Crippen LogP contribution in [0.3, 0.4) is 0 Å². The molecule has 0 aliphatic heterocycles. The van der Waals surface area contributed by atoms with Crippen LogP contribution in [0.5, 0.6) is 0 Å². The minimum Gasteiger partial charge on any atom is -0.378 e. The fourth-order valence-corrected chi connectivity index (χ4v) is 2.61. The Morgan fingerprint density at radius 3 is 2.53 bits per heavy atom. The van der Waals surface area contributed by atoms with Crippen molar-refractivity contribution >= 4 is 22.7 Å². The largest absolute Gasteiger partial charge is 0.378 e. The Bertz CT molecular complexity index is 488. The number of hydrogen-bond donors (Lipinski definition) is 1. The van der Waals surface area contributed by atoms with E-state index < -0.39 is 0 Å². The van der Waals surface area contributed by atoms with Crippen molar-refractivity contribution in [3.63, 3.8) is 0 Å². The van der Waals surface area contributed by atoms with E-state index in [9.17, 15) is 0 Å². The highest BCUT2D eigenvalue weighted by atomic mass is 32.1. The van der Waals surface area contributed by atoms with Gasteiger partial charge in [0.1, 0.15) is 0 Å². The van der Waals surface area contributed by atoms with Gasteiger partial charge in [-0.25, -0.2) is 0 Å². The Balaban J connectivity index is 2.08. The van der Waals surface area contributed by atoms with Crippen molar-refractivity contribution in [1.82, 2.24) is 0 Å². The topological polar surface area (TPSA) is 15.3 Å². The molecule has 3 heteroatoms. The molecule has 0 bridgehead atoms. The Hall–Kier alpha value is -1.48. The third kappa shape index (κ3) is 3.01. The lowest BCUT2D eigenvalue weighted by atomic mass is 10.2. The standard InChI is InChI=1S/C14H18N2S/c1-11-8-9-12(17-11)10-15-13-6-4-5-7-14(13)16(2)3/h4-9,15H,10H2,1-3H3. The van der Waals surface area contributed by atoms with Crippen molar-refractivity contribution < 1.29 is 0 Å². The summed E-state index contributed by atoms with van der Waals surface area (Å²) < 4.78 is 0.